The molecule has 1 fully saturated rings. The number of hydrogen-bond acceptors (Lipinski definition) is 3. The Labute approximate surface area is 132 Å². The van der Waals surface area contributed by atoms with Gasteiger partial charge in [-0.15, -0.1) is 0 Å². The van der Waals surface area contributed by atoms with Gasteiger partial charge in [0, 0.05) is 25.7 Å². The lowest BCUT2D eigenvalue weighted by Gasteiger charge is -2.37. The molecule has 0 aliphatic carbocycles. The first-order valence-corrected chi connectivity index (χ1v) is 8.40. The van der Waals surface area contributed by atoms with E-state index in [2.05, 4.69) is 52.2 Å². The van der Waals surface area contributed by atoms with Crippen LogP contribution >= 0.6 is 0 Å². The van der Waals surface area contributed by atoms with Crippen LogP contribution < -0.4 is 5.32 Å². The smallest absolute Gasteiger partial charge is 0.140 e. The van der Waals surface area contributed by atoms with Crippen LogP contribution in [0.1, 0.15) is 36.7 Å². The zero-order valence-electron chi connectivity index (χ0n) is 13.3. The van der Waals surface area contributed by atoms with Gasteiger partial charge in [-0.1, -0.05) is 36.8 Å². The minimum atomic E-state index is 0.471. The monoisotopic (exact) mass is 296 g/mol. The first kappa shape index (κ1) is 14.0. The molecule has 4 nitrogen and oxygen atoms in total. The Balaban J connectivity index is 1.73. The highest BCUT2D eigenvalue weighted by molar-refractivity contribution is 5.57. The summed E-state index contributed by atoms with van der Waals surface area (Å²) in [6.07, 6.45) is 4.04. The van der Waals surface area contributed by atoms with Crippen LogP contribution in [0.15, 0.2) is 30.3 Å². The Kier molecular flexibility index (Phi) is 3.72. The number of aromatic nitrogens is 2. The predicted molar refractivity (Wildman–Crippen MR) is 88.5 cm³/mol. The molecule has 0 radical (unpaired) electrons. The molecule has 1 N–H and O–H groups in total. The molecule has 4 rings (SSSR count). The van der Waals surface area contributed by atoms with Gasteiger partial charge in [-0.2, -0.15) is 0 Å². The van der Waals surface area contributed by atoms with Gasteiger partial charge in [-0.25, -0.2) is 4.98 Å². The number of nitrogens with one attached hydrogen (secondary N) is 1. The molecule has 1 saturated heterocycles. The van der Waals surface area contributed by atoms with Crippen LogP contribution in [-0.4, -0.2) is 34.1 Å². The normalized spacial score (nSPS) is 22.5. The van der Waals surface area contributed by atoms with E-state index in [1.807, 2.05) is 0 Å². The highest BCUT2D eigenvalue weighted by Crippen LogP contribution is 2.32. The highest BCUT2D eigenvalue weighted by atomic mass is 15.2. The third-order valence-corrected chi connectivity index (χ3v) is 5.02. The predicted octanol–water partition coefficient (Wildman–Crippen LogP) is 2.72. The minimum Gasteiger partial charge on any atom is -0.329 e. The third-order valence-electron chi connectivity index (χ3n) is 5.02. The van der Waals surface area contributed by atoms with Crippen molar-refractivity contribution in [3.8, 4) is 11.4 Å². The van der Waals surface area contributed by atoms with E-state index in [1.165, 1.54) is 49.3 Å². The Hall–Kier alpha value is -1.65. The van der Waals surface area contributed by atoms with E-state index in [0.717, 1.165) is 18.9 Å². The molecule has 2 aromatic rings. The molecule has 1 aromatic heterocycles. The van der Waals surface area contributed by atoms with Crippen LogP contribution in [0.2, 0.25) is 0 Å². The summed E-state index contributed by atoms with van der Waals surface area (Å²) >= 11 is 0. The number of rotatable bonds is 2. The van der Waals surface area contributed by atoms with E-state index >= 15 is 0 Å². The van der Waals surface area contributed by atoms with Gasteiger partial charge >= 0.3 is 0 Å². The quantitative estimate of drug-likeness (QED) is 0.925. The van der Waals surface area contributed by atoms with Crippen molar-refractivity contribution in [2.75, 3.05) is 19.6 Å². The second kappa shape index (κ2) is 5.86. The van der Waals surface area contributed by atoms with E-state index < -0.39 is 0 Å². The van der Waals surface area contributed by atoms with Crippen molar-refractivity contribution >= 4 is 0 Å². The molecule has 3 heterocycles. The summed E-state index contributed by atoms with van der Waals surface area (Å²) in [5.74, 6) is 1.09. The van der Waals surface area contributed by atoms with Crippen LogP contribution in [0.4, 0.5) is 0 Å². The Morgan fingerprint density at radius 2 is 1.86 bits per heavy atom. The van der Waals surface area contributed by atoms with Crippen molar-refractivity contribution < 1.29 is 0 Å². The molecule has 1 unspecified atom stereocenters. The maximum Gasteiger partial charge on any atom is 0.140 e. The SMILES string of the molecule is Cn1c(-c2ccccc2)nc2c1C(N1CCCCC1)CNC2. The van der Waals surface area contributed by atoms with Crippen LogP contribution in [0.3, 0.4) is 0 Å². The minimum absolute atomic E-state index is 0.471. The Bertz CT molecular complexity index is 641. The van der Waals surface area contributed by atoms with Crippen molar-refractivity contribution in [3.05, 3.63) is 41.7 Å². The molecule has 0 saturated carbocycles. The van der Waals surface area contributed by atoms with Crippen molar-refractivity contribution in [1.82, 2.24) is 19.8 Å². The second-order valence-electron chi connectivity index (χ2n) is 6.44. The van der Waals surface area contributed by atoms with Gasteiger partial charge < -0.3 is 9.88 Å². The van der Waals surface area contributed by atoms with E-state index in [4.69, 9.17) is 4.98 Å². The van der Waals surface area contributed by atoms with Crippen molar-refractivity contribution in [3.63, 3.8) is 0 Å². The lowest BCUT2D eigenvalue weighted by molar-refractivity contribution is 0.148. The average Bonchev–Trinajstić information content (AvgIpc) is 2.94. The van der Waals surface area contributed by atoms with E-state index in [-0.39, 0.29) is 0 Å². The number of nitrogens with zero attached hydrogens (tertiary/aromatic N) is 3. The van der Waals surface area contributed by atoms with Crippen LogP contribution in [0.5, 0.6) is 0 Å². The highest BCUT2D eigenvalue weighted by Gasteiger charge is 2.31. The summed E-state index contributed by atoms with van der Waals surface area (Å²) in [6, 6.07) is 11.0. The van der Waals surface area contributed by atoms with E-state index in [0.29, 0.717) is 6.04 Å². The van der Waals surface area contributed by atoms with Gasteiger partial charge in [-0.05, 0) is 25.9 Å². The van der Waals surface area contributed by atoms with Gasteiger partial charge in [0.2, 0.25) is 0 Å². The molecular formula is C18H24N4. The second-order valence-corrected chi connectivity index (χ2v) is 6.44. The lowest BCUT2D eigenvalue weighted by Crippen LogP contribution is -2.42. The summed E-state index contributed by atoms with van der Waals surface area (Å²) in [7, 11) is 2.18. The summed E-state index contributed by atoms with van der Waals surface area (Å²) in [6.45, 7) is 4.37. The van der Waals surface area contributed by atoms with Gasteiger partial charge in [0.1, 0.15) is 5.82 Å². The number of hydrogen-bond donors (Lipinski definition) is 1. The summed E-state index contributed by atoms with van der Waals surface area (Å²) in [5, 5.41) is 3.56. The van der Waals surface area contributed by atoms with Crippen molar-refractivity contribution in [2.24, 2.45) is 7.05 Å². The molecule has 4 heteroatoms. The zero-order valence-corrected chi connectivity index (χ0v) is 13.3. The largest absolute Gasteiger partial charge is 0.329 e. The number of imidazole rings is 1. The number of piperidine rings is 1. The fourth-order valence-corrected chi connectivity index (χ4v) is 3.92. The van der Waals surface area contributed by atoms with Crippen LogP contribution in [0.25, 0.3) is 11.4 Å². The maximum atomic E-state index is 4.94. The van der Waals surface area contributed by atoms with Crippen molar-refractivity contribution in [2.45, 2.75) is 31.8 Å². The number of fused-ring (bicyclic) bond motifs is 1. The zero-order chi connectivity index (χ0) is 14.9. The van der Waals surface area contributed by atoms with Crippen LogP contribution in [-0.2, 0) is 13.6 Å². The molecule has 0 spiro atoms. The number of benzene rings is 1. The van der Waals surface area contributed by atoms with Crippen molar-refractivity contribution in [1.29, 1.82) is 0 Å². The first-order valence-electron chi connectivity index (χ1n) is 8.40. The molecule has 2 aliphatic rings. The third kappa shape index (κ3) is 2.36. The fourth-order valence-electron chi connectivity index (χ4n) is 3.92. The average molecular weight is 296 g/mol. The molecule has 2 aliphatic heterocycles. The molecular weight excluding hydrogens is 272 g/mol. The van der Waals surface area contributed by atoms with Gasteiger partial charge in [0.25, 0.3) is 0 Å². The maximum absolute atomic E-state index is 4.94. The molecule has 22 heavy (non-hydrogen) atoms. The van der Waals surface area contributed by atoms with E-state index in [9.17, 15) is 0 Å². The molecule has 1 aromatic carbocycles. The molecule has 0 bridgehead atoms. The Morgan fingerprint density at radius 3 is 2.64 bits per heavy atom. The van der Waals surface area contributed by atoms with Gasteiger partial charge in [-0.3, -0.25) is 4.90 Å². The molecule has 116 valence electrons. The van der Waals surface area contributed by atoms with Crippen LogP contribution in [0, 0.1) is 0 Å². The lowest BCUT2D eigenvalue weighted by atomic mass is 10.0. The first-order chi connectivity index (χ1) is 10.8. The van der Waals surface area contributed by atoms with E-state index in [1.54, 1.807) is 0 Å². The van der Waals surface area contributed by atoms with Gasteiger partial charge in [0.15, 0.2) is 0 Å². The molecule has 0 amide bonds. The summed E-state index contributed by atoms with van der Waals surface area (Å²) in [4.78, 5) is 7.58. The van der Waals surface area contributed by atoms with Gasteiger partial charge in [0.05, 0.1) is 17.4 Å². The fraction of sp³-hybridized carbons (Fsp3) is 0.500. The molecule has 1 atom stereocenters. The standard InChI is InChI=1S/C18H24N4/c1-21-17-15(20-18(21)14-8-4-2-5-9-14)12-19-13-16(17)22-10-6-3-7-11-22/h2,4-5,8-9,16,19H,3,6-7,10-13H2,1H3. The number of likely N-dealkylation sites (tertiary alicyclic amines) is 1. The topological polar surface area (TPSA) is 33.1 Å². The summed E-state index contributed by atoms with van der Waals surface area (Å²) < 4.78 is 2.32. The summed E-state index contributed by atoms with van der Waals surface area (Å²) in [5.41, 5.74) is 3.85. The Morgan fingerprint density at radius 1 is 1.09 bits per heavy atom.